The number of rotatable bonds is 6. The topological polar surface area (TPSA) is 12.9 Å². The maximum Gasteiger partial charge on any atom is 0.135 e. The Morgan fingerprint density at radius 3 is 2.49 bits per heavy atom. The third-order valence-electron chi connectivity index (χ3n) is 9.08. The summed E-state index contributed by atoms with van der Waals surface area (Å²) in [5.74, 6) is 0.781. The number of aromatic nitrogens is 1. The largest absolute Gasteiger partial charge is 0.248 e. The van der Waals surface area contributed by atoms with E-state index >= 15 is 4.39 Å². The summed E-state index contributed by atoms with van der Waals surface area (Å²) in [4.78, 5) is 5.23. The molecule has 1 aromatic rings. The zero-order valence-corrected chi connectivity index (χ0v) is 23.1. The summed E-state index contributed by atoms with van der Waals surface area (Å²) in [6.07, 6.45) is 11.4. The van der Waals surface area contributed by atoms with Gasteiger partial charge in [-0.3, -0.25) is 0 Å². The van der Waals surface area contributed by atoms with Crippen LogP contribution in [0.1, 0.15) is 110 Å². The molecule has 0 saturated heterocycles. The Morgan fingerprint density at radius 2 is 1.89 bits per heavy atom. The van der Waals surface area contributed by atoms with Crippen LogP contribution in [0.3, 0.4) is 0 Å². The summed E-state index contributed by atoms with van der Waals surface area (Å²) in [7, 11) is 0. The van der Waals surface area contributed by atoms with E-state index in [2.05, 4.69) is 60.8 Å². The van der Waals surface area contributed by atoms with Crippen LogP contribution in [0.15, 0.2) is 41.5 Å². The molecule has 0 N–H and O–H groups in total. The molecule has 3 aliphatic rings. The van der Waals surface area contributed by atoms with Gasteiger partial charge in [0, 0.05) is 17.1 Å². The van der Waals surface area contributed by atoms with E-state index < -0.39 is 5.67 Å². The molecule has 2 heteroatoms. The van der Waals surface area contributed by atoms with Crippen LogP contribution >= 0.6 is 0 Å². The molecule has 0 bridgehead atoms. The molecule has 3 aliphatic carbocycles. The highest BCUT2D eigenvalue weighted by Crippen LogP contribution is 2.42. The second-order valence-electron chi connectivity index (χ2n) is 11.3. The maximum atomic E-state index is 15.7. The Balaban J connectivity index is 2.03. The van der Waals surface area contributed by atoms with Crippen molar-refractivity contribution in [3.05, 3.63) is 68.9 Å². The third-order valence-corrected chi connectivity index (χ3v) is 9.08. The lowest BCUT2D eigenvalue weighted by molar-refractivity contribution is 0.220. The molecule has 0 aliphatic heterocycles. The van der Waals surface area contributed by atoms with Gasteiger partial charge in [0.15, 0.2) is 0 Å². The SMILES string of the molecule is C=C(C)C1=C(/C=C(\C)c2nc3c4c(c2CC)[C@@H](CC)CCC=4C(C)C(C)(F)C=3)[C@@H](CC)C(=C)CC1. The van der Waals surface area contributed by atoms with Crippen LogP contribution in [0, 0.1) is 11.8 Å². The van der Waals surface area contributed by atoms with Gasteiger partial charge < -0.3 is 0 Å². The Kier molecular flexibility index (Phi) is 7.15. The van der Waals surface area contributed by atoms with Gasteiger partial charge in [-0.15, -0.1) is 0 Å². The van der Waals surface area contributed by atoms with Crippen LogP contribution in [-0.4, -0.2) is 10.7 Å². The fourth-order valence-corrected chi connectivity index (χ4v) is 6.90. The van der Waals surface area contributed by atoms with Crippen molar-refractivity contribution in [2.75, 3.05) is 0 Å². The van der Waals surface area contributed by atoms with Crippen molar-refractivity contribution >= 4 is 17.2 Å². The molecule has 188 valence electrons. The standard InChI is InChI=1S/C33H44FN/c1-10-23-14-16-27-22(8)33(9,34)18-29-31(27)30(23)25(12-3)32(35-29)21(7)17-28-24(11-2)20(6)13-15-26(28)19(4)5/h17-18,22-24H,4,6,10-16H2,1-3,5,7-9H3/b21-17+/t22?,23-,24-,33?/m0/s1. The second kappa shape index (κ2) is 9.68. The van der Waals surface area contributed by atoms with Crippen LogP contribution in [0.25, 0.3) is 17.2 Å². The van der Waals surface area contributed by atoms with E-state index in [1.54, 1.807) is 6.92 Å². The van der Waals surface area contributed by atoms with E-state index in [0.29, 0.717) is 11.8 Å². The lowest BCUT2D eigenvalue weighted by Crippen LogP contribution is -2.48. The van der Waals surface area contributed by atoms with E-state index in [9.17, 15) is 0 Å². The molecule has 0 saturated carbocycles. The number of halogens is 1. The minimum atomic E-state index is -1.36. The normalized spacial score (nSPS) is 28.7. The molecule has 0 spiro atoms. The lowest BCUT2D eigenvalue weighted by Gasteiger charge is -2.36. The minimum absolute atomic E-state index is 0.0950. The molecule has 35 heavy (non-hydrogen) atoms. The molecule has 4 atom stereocenters. The second-order valence-corrected chi connectivity index (χ2v) is 11.3. The lowest BCUT2D eigenvalue weighted by atomic mass is 9.71. The Hall–Kier alpha value is -2.22. The Bertz CT molecular complexity index is 1250. The van der Waals surface area contributed by atoms with Gasteiger partial charge in [-0.25, -0.2) is 9.37 Å². The summed E-state index contributed by atoms with van der Waals surface area (Å²) >= 11 is 0. The minimum Gasteiger partial charge on any atom is -0.248 e. The Morgan fingerprint density at radius 1 is 1.17 bits per heavy atom. The highest BCUT2D eigenvalue weighted by atomic mass is 19.1. The first-order valence-electron chi connectivity index (χ1n) is 13.8. The highest BCUT2D eigenvalue weighted by molar-refractivity contribution is 5.71. The smallest absolute Gasteiger partial charge is 0.135 e. The number of nitrogens with zero attached hydrogens (tertiary/aromatic N) is 1. The molecule has 0 fully saturated rings. The van der Waals surface area contributed by atoms with Crippen LogP contribution in [-0.2, 0) is 6.42 Å². The van der Waals surface area contributed by atoms with Gasteiger partial charge in [-0.05, 0) is 106 Å². The molecule has 0 radical (unpaired) electrons. The van der Waals surface area contributed by atoms with Crippen molar-refractivity contribution in [3.8, 4) is 0 Å². The molecule has 1 aromatic heterocycles. The first-order chi connectivity index (χ1) is 16.5. The number of allylic oxidation sites excluding steroid dienone is 6. The summed E-state index contributed by atoms with van der Waals surface area (Å²) in [6, 6.07) is 0. The average molecular weight is 474 g/mol. The summed E-state index contributed by atoms with van der Waals surface area (Å²) in [5.41, 5.74) is 10.2. The van der Waals surface area contributed by atoms with Gasteiger partial charge in [0.1, 0.15) is 5.67 Å². The van der Waals surface area contributed by atoms with E-state index in [4.69, 9.17) is 4.98 Å². The van der Waals surface area contributed by atoms with Crippen LogP contribution in [0.4, 0.5) is 4.39 Å². The predicted molar refractivity (Wildman–Crippen MR) is 149 cm³/mol. The van der Waals surface area contributed by atoms with Crippen molar-refractivity contribution in [2.24, 2.45) is 11.8 Å². The molecule has 4 rings (SSSR count). The number of hydrogen-bond acceptors (Lipinski definition) is 1. The van der Waals surface area contributed by atoms with Gasteiger partial charge in [0.25, 0.3) is 0 Å². The average Bonchev–Trinajstić information content (AvgIpc) is 2.81. The summed E-state index contributed by atoms with van der Waals surface area (Å²) in [5, 5.41) is 2.14. The third kappa shape index (κ3) is 4.32. The molecule has 1 nitrogen and oxygen atoms in total. The van der Waals surface area contributed by atoms with Crippen molar-refractivity contribution in [3.63, 3.8) is 0 Å². The number of pyridine rings is 1. The number of alkyl halides is 1. The molecular formula is C33H44FN. The molecule has 1 heterocycles. The van der Waals surface area contributed by atoms with Crippen molar-refractivity contribution in [2.45, 2.75) is 105 Å². The van der Waals surface area contributed by atoms with Crippen molar-refractivity contribution < 1.29 is 4.39 Å². The predicted octanol–water partition coefficient (Wildman–Crippen LogP) is 7.89. The van der Waals surface area contributed by atoms with Crippen LogP contribution < -0.4 is 10.6 Å². The fourth-order valence-electron chi connectivity index (χ4n) is 6.90. The molecular weight excluding hydrogens is 429 g/mol. The van der Waals surface area contributed by atoms with Gasteiger partial charge in [0.2, 0.25) is 0 Å². The van der Waals surface area contributed by atoms with Crippen LogP contribution in [0.5, 0.6) is 0 Å². The number of hydrogen-bond donors (Lipinski definition) is 0. The van der Waals surface area contributed by atoms with Crippen LogP contribution in [0.2, 0.25) is 0 Å². The molecule has 0 aromatic carbocycles. The zero-order chi connectivity index (χ0) is 25.7. The first-order valence-corrected chi connectivity index (χ1v) is 13.8. The van der Waals surface area contributed by atoms with E-state index in [-0.39, 0.29) is 5.92 Å². The quantitative estimate of drug-likeness (QED) is 0.383. The van der Waals surface area contributed by atoms with Gasteiger partial charge in [-0.1, -0.05) is 63.6 Å². The Labute approximate surface area is 212 Å². The van der Waals surface area contributed by atoms with E-state index in [1.165, 1.54) is 44.2 Å². The zero-order valence-electron chi connectivity index (χ0n) is 23.1. The fraction of sp³-hybridized carbons (Fsp3) is 0.545. The van der Waals surface area contributed by atoms with Gasteiger partial charge >= 0.3 is 0 Å². The highest BCUT2D eigenvalue weighted by Gasteiger charge is 2.38. The van der Waals surface area contributed by atoms with Gasteiger partial charge in [-0.2, -0.15) is 0 Å². The first kappa shape index (κ1) is 25.9. The van der Waals surface area contributed by atoms with Gasteiger partial charge in [0.05, 0.1) is 11.0 Å². The summed E-state index contributed by atoms with van der Waals surface area (Å²) < 4.78 is 15.7. The molecule has 2 unspecified atom stereocenters. The maximum absolute atomic E-state index is 15.7. The van der Waals surface area contributed by atoms with Crippen molar-refractivity contribution in [1.82, 2.24) is 4.98 Å². The monoisotopic (exact) mass is 473 g/mol. The molecule has 0 amide bonds. The van der Waals surface area contributed by atoms with E-state index in [1.807, 2.05) is 6.08 Å². The van der Waals surface area contributed by atoms with E-state index in [0.717, 1.165) is 61.6 Å². The summed E-state index contributed by atoms with van der Waals surface area (Å²) in [6.45, 7) is 23.6. The van der Waals surface area contributed by atoms with Crippen molar-refractivity contribution in [1.29, 1.82) is 0 Å².